The van der Waals surface area contributed by atoms with Gasteiger partial charge in [-0.05, 0) is 51.0 Å². The van der Waals surface area contributed by atoms with E-state index >= 15 is 0 Å². The lowest BCUT2D eigenvalue weighted by Crippen LogP contribution is -2.51. The highest BCUT2D eigenvalue weighted by molar-refractivity contribution is 6.31. The van der Waals surface area contributed by atoms with E-state index in [1.807, 2.05) is 19.9 Å². The maximum Gasteiger partial charge on any atom is 0.170 e. The van der Waals surface area contributed by atoms with E-state index in [0.717, 1.165) is 55.3 Å². The molecule has 5 rings (SSSR count). The van der Waals surface area contributed by atoms with Gasteiger partial charge in [0.05, 0.1) is 12.0 Å². The van der Waals surface area contributed by atoms with Crippen molar-refractivity contribution >= 4 is 23.2 Å². The van der Waals surface area contributed by atoms with Crippen LogP contribution >= 0.6 is 11.6 Å². The van der Waals surface area contributed by atoms with Crippen LogP contribution in [0.3, 0.4) is 0 Å². The third-order valence-corrected chi connectivity index (χ3v) is 7.34. The van der Waals surface area contributed by atoms with Crippen LogP contribution in [0.2, 0.25) is 5.02 Å². The molecule has 0 radical (unpaired) electrons. The first-order valence-corrected chi connectivity index (χ1v) is 12.3. The minimum atomic E-state index is -0.465. The number of benzene rings is 2. The third-order valence-electron chi connectivity index (χ3n) is 7.12. The van der Waals surface area contributed by atoms with Crippen molar-refractivity contribution in [1.29, 1.82) is 0 Å². The van der Waals surface area contributed by atoms with Gasteiger partial charge in [-0.3, -0.25) is 4.79 Å². The normalized spacial score (nSPS) is 17.0. The molecule has 0 N–H and O–H groups in total. The lowest BCUT2D eigenvalue weighted by molar-refractivity contribution is 0.0225. The van der Waals surface area contributed by atoms with Gasteiger partial charge in [-0.15, -0.1) is 0 Å². The zero-order chi connectivity index (χ0) is 24.0. The fourth-order valence-electron chi connectivity index (χ4n) is 5.21. The second kappa shape index (κ2) is 8.70. The number of hydrogen-bond acceptors (Lipinski definition) is 5. The van der Waals surface area contributed by atoms with Crippen LogP contribution in [0.25, 0.3) is 0 Å². The van der Waals surface area contributed by atoms with Gasteiger partial charge in [-0.1, -0.05) is 41.4 Å². The number of carbonyl (C=O) groups is 1. The fraction of sp³-hybridized carbons (Fsp3) is 0.393. The molecule has 2 aliphatic heterocycles. The molecule has 1 saturated heterocycles. The molecule has 5 nitrogen and oxygen atoms in total. The average Bonchev–Trinajstić information content (AvgIpc) is 2.78. The molecule has 0 atom stereocenters. The van der Waals surface area contributed by atoms with Crippen LogP contribution in [-0.2, 0) is 6.42 Å². The van der Waals surface area contributed by atoms with Crippen LogP contribution in [0, 0.1) is 27.7 Å². The summed E-state index contributed by atoms with van der Waals surface area (Å²) in [6.07, 6.45) is 2.73. The molecular formula is C28H30ClN3O2. The Morgan fingerprint density at radius 3 is 2.44 bits per heavy atom. The molecule has 0 bridgehead atoms. The fourth-order valence-corrected chi connectivity index (χ4v) is 5.49. The summed E-state index contributed by atoms with van der Waals surface area (Å²) in [5.41, 5.74) is 5.76. The summed E-state index contributed by atoms with van der Waals surface area (Å²) < 4.78 is 6.55. The standard InChI is InChI=1S/C28H30ClN3O2/c1-17-5-7-21(8-6-17)14-23-19(3)30-20(4)31-27(23)32-11-9-28(10-12-32)16-25(33)24-15-22(29)13-18(2)26(24)34-28/h5-8,13,15H,9-12,14,16H2,1-4H3. The number of halogens is 1. The van der Waals surface area contributed by atoms with Crippen molar-refractivity contribution in [3.63, 3.8) is 0 Å². The van der Waals surface area contributed by atoms with Crippen LogP contribution in [0.15, 0.2) is 36.4 Å². The van der Waals surface area contributed by atoms with Crippen LogP contribution in [0.4, 0.5) is 5.82 Å². The molecule has 3 heterocycles. The minimum absolute atomic E-state index is 0.120. The van der Waals surface area contributed by atoms with E-state index < -0.39 is 5.60 Å². The summed E-state index contributed by atoms with van der Waals surface area (Å²) in [5.74, 6) is 2.61. The Kier molecular flexibility index (Phi) is 5.85. The third kappa shape index (κ3) is 4.29. The Labute approximate surface area is 206 Å². The van der Waals surface area contributed by atoms with Gasteiger partial charge < -0.3 is 9.64 Å². The first kappa shape index (κ1) is 22.9. The van der Waals surface area contributed by atoms with E-state index in [0.29, 0.717) is 22.8 Å². The Bertz CT molecular complexity index is 1260. The molecule has 1 spiro atoms. The van der Waals surface area contributed by atoms with E-state index in [1.54, 1.807) is 6.07 Å². The van der Waals surface area contributed by atoms with Crippen LogP contribution < -0.4 is 9.64 Å². The number of piperidine rings is 1. The number of ether oxygens (including phenoxy) is 1. The Hall–Kier alpha value is -2.92. The lowest BCUT2D eigenvalue weighted by atomic mass is 9.82. The highest BCUT2D eigenvalue weighted by Gasteiger charge is 2.44. The average molecular weight is 476 g/mol. The van der Waals surface area contributed by atoms with E-state index in [9.17, 15) is 4.79 Å². The quantitative estimate of drug-likeness (QED) is 0.468. The number of ketones is 1. The summed E-state index contributed by atoms with van der Waals surface area (Å²) in [4.78, 5) is 24.9. The number of anilines is 1. The van der Waals surface area contributed by atoms with Crippen molar-refractivity contribution in [2.45, 2.75) is 59.0 Å². The summed E-state index contributed by atoms with van der Waals surface area (Å²) in [6, 6.07) is 12.3. The van der Waals surface area contributed by atoms with Crippen molar-refractivity contribution in [2.24, 2.45) is 0 Å². The molecule has 1 aromatic heterocycles. The number of Topliss-reactive ketones (excluding diaryl/α,β-unsaturated/α-hetero) is 1. The predicted octanol–water partition coefficient (Wildman–Crippen LogP) is 5.96. The van der Waals surface area contributed by atoms with Gasteiger partial charge in [0.25, 0.3) is 0 Å². The van der Waals surface area contributed by atoms with E-state index in [4.69, 9.17) is 21.3 Å². The van der Waals surface area contributed by atoms with Crippen molar-refractivity contribution < 1.29 is 9.53 Å². The Morgan fingerprint density at radius 1 is 1.03 bits per heavy atom. The number of nitrogens with zero attached hydrogens (tertiary/aromatic N) is 3. The molecule has 0 unspecified atom stereocenters. The molecule has 176 valence electrons. The first-order valence-electron chi connectivity index (χ1n) is 11.9. The molecule has 1 fully saturated rings. The topological polar surface area (TPSA) is 55.3 Å². The summed E-state index contributed by atoms with van der Waals surface area (Å²) in [6.45, 7) is 9.64. The summed E-state index contributed by atoms with van der Waals surface area (Å²) >= 11 is 6.19. The highest BCUT2D eigenvalue weighted by Crippen LogP contribution is 2.43. The summed E-state index contributed by atoms with van der Waals surface area (Å²) in [7, 11) is 0. The molecule has 6 heteroatoms. The molecule has 2 aliphatic rings. The van der Waals surface area contributed by atoms with E-state index in [-0.39, 0.29) is 5.78 Å². The predicted molar refractivity (Wildman–Crippen MR) is 135 cm³/mol. The van der Waals surface area contributed by atoms with E-state index in [2.05, 4.69) is 48.0 Å². The van der Waals surface area contributed by atoms with Gasteiger partial charge >= 0.3 is 0 Å². The molecule has 0 aliphatic carbocycles. The number of aryl methyl sites for hydroxylation is 4. The number of aromatic nitrogens is 2. The van der Waals surface area contributed by atoms with Crippen molar-refractivity contribution in [1.82, 2.24) is 9.97 Å². The lowest BCUT2D eigenvalue weighted by Gasteiger charge is -2.45. The van der Waals surface area contributed by atoms with Gasteiger partial charge in [-0.2, -0.15) is 0 Å². The van der Waals surface area contributed by atoms with Crippen molar-refractivity contribution in [3.8, 4) is 5.75 Å². The first-order chi connectivity index (χ1) is 16.2. The molecule has 2 aromatic carbocycles. The highest BCUT2D eigenvalue weighted by atomic mass is 35.5. The zero-order valence-corrected chi connectivity index (χ0v) is 21.0. The molecule has 0 saturated carbocycles. The largest absolute Gasteiger partial charge is 0.486 e. The number of fused-ring (bicyclic) bond motifs is 1. The van der Waals surface area contributed by atoms with Crippen molar-refractivity contribution in [2.75, 3.05) is 18.0 Å². The van der Waals surface area contributed by atoms with Crippen LogP contribution in [-0.4, -0.2) is 34.4 Å². The summed E-state index contributed by atoms with van der Waals surface area (Å²) in [5, 5.41) is 0.578. The van der Waals surface area contributed by atoms with Gasteiger partial charge in [-0.25, -0.2) is 9.97 Å². The zero-order valence-electron chi connectivity index (χ0n) is 20.2. The second-order valence-electron chi connectivity index (χ2n) is 9.79. The maximum atomic E-state index is 13.0. The van der Waals surface area contributed by atoms with Crippen molar-refractivity contribution in [3.05, 3.63) is 80.8 Å². The second-order valence-corrected chi connectivity index (χ2v) is 10.2. The Morgan fingerprint density at radius 2 is 1.74 bits per heavy atom. The van der Waals surface area contributed by atoms with Crippen LogP contribution in [0.5, 0.6) is 5.75 Å². The van der Waals surface area contributed by atoms with Gasteiger partial charge in [0.1, 0.15) is 23.0 Å². The van der Waals surface area contributed by atoms with E-state index in [1.165, 1.54) is 16.7 Å². The smallest absolute Gasteiger partial charge is 0.170 e. The number of hydrogen-bond donors (Lipinski definition) is 0. The van der Waals surface area contributed by atoms with Gasteiger partial charge in [0, 0.05) is 48.6 Å². The van der Waals surface area contributed by atoms with Crippen LogP contribution in [0.1, 0.15) is 63.4 Å². The van der Waals surface area contributed by atoms with Gasteiger partial charge in [0.2, 0.25) is 0 Å². The minimum Gasteiger partial charge on any atom is -0.486 e. The molecule has 3 aromatic rings. The SMILES string of the molecule is Cc1ccc(Cc2c(C)nc(C)nc2N2CCC3(CC2)CC(=O)c2cc(Cl)cc(C)c2O3)cc1. The Balaban J connectivity index is 1.40. The maximum absolute atomic E-state index is 13.0. The molecular weight excluding hydrogens is 446 g/mol. The van der Waals surface area contributed by atoms with Gasteiger partial charge in [0.15, 0.2) is 5.78 Å². The molecule has 0 amide bonds. The monoisotopic (exact) mass is 475 g/mol. The number of carbonyl (C=O) groups excluding carboxylic acids is 1. The molecule has 34 heavy (non-hydrogen) atoms. The number of rotatable bonds is 3.